The van der Waals surface area contributed by atoms with Gasteiger partial charge in [-0.15, -0.1) is 12.4 Å². The van der Waals surface area contributed by atoms with Crippen LogP contribution in [0.15, 0.2) is 52.4 Å². The molecule has 0 atom stereocenters. The number of hydrogen-bond donors (Lipinski definition) is 0. The number of nitrogens with zero attached hydrogens (tertiary/aromatic N) is 3. The second kappa shape index (κ2) is 7.64. The van der Waals surface area contributed by atoms with Crippen molar-refractivity contribution in [2.45, 2.75) is 28.7 Å². The van der Waals surface area contributed by atoms with Gasteiger partial charge >= 0.3 is 6.09 Å². The molecular formula is C18H20ClN3O2S. The summed E-state index contributed by atoms with van der Waals surface area (Å²) in [6, 6.07) is 11.7. The van der Waals surface area contributed by atoms with Crippen LogP contribution in [0.5, 0.6) is 0 Å². The van der Waals surface area contributed by atoms with Crippen LogP contribution in [0.4, 0.5) is 16.3 Å². The molecule has 0 aliphatic carbocycles. The van der Waals surface area contributed by atoms with Crippen LogP contribution >= 0.6 is 24.2 Å². The second-order valence-electron chi connectivity index (χ2n) is 6.12. The molecule has 1 aromatic carbocycles. The number of carbonyl (C=O) groups is 1. The topological polar surface area (TPSA) is 45.7 Å². The maximum Gasteiger partial charge on any atom is 0.420 e. The molecule has 0 spiro atoms. The Hall–Kier alpha value is -1.76. The van der Waals surface area contributed by atoms with Crippen LogP contribution in [0, 0.1) is 0 Å². The summed E-state index contributed by atoms with van der Waals surface area (Å²) in [5.41, 5.74) is 0.839. The van der Waals surface area contributed by atoms with E-state index in [1.807, 2.05) is 36.4 Å². The van der Waals surface area contributed by atoms with Gasteiger partial charge in [-0.1, -0.05) is 23.9 Å². The van der Waals surface area contributed by atoms with E-state index in [0.29, 0.717) is 5.82 Å². The summed E-state index contributed by atoms with van der Waals surface area (Å²) in [5.74, 6) is 0.652. The summed E-state index contributed by atoms with van der Waals surface area (Å²) < 4.78 is 5.80. The van der Waals surface area contributed by atoms with Crippen molar-refractivity contribution in [1.82, 2.24) is 9.88 Å². The number of pyridine rings is 1. The average molecular weight is 378 g/mol. The van der Waals surface area contributed by atoms with Crippen LogP contribution in [0.3, 0.4) is 0 Å². The first-order valence-corrected chi connectivity index (χ1v) is 8.95. The SMILES string of the molecule is CN1CCC(OC(=O)N2c3ccccc3Sc3cccnc32)CC1.Cl. The Balaban J connectivity index is 0.00000182. The van der Waals surface area contributed by atoms with Crippen LogP contribution in [-0.4, -0.2) is 42.2 Å². The van der Waals surface area contributed by atoms with Gasteiger partial charge in [0.2, 0.25) is 0 Å². The minimum atomic E-state index is -0.336. The zero-order chi connectivity index (χ0) is 16.5. The molecule has 0 N–H and O–H groups in total. The summed E-state index contributed by atoms with van der Waals surface area (Å²) in [6.07, 6.45) is 3.10. The van der Waals surface area contributed by atoms with E-state index in [0.717, 1.165) is 41.4 Å². The number of amides is 1. The fourth-order valence-electron chi connectivity index (χ4n) is 3.07. The Morgan fingerprint density at radius 2 is 1.88 bits per heavy atom. The molecule has 0 radical (unpaired) electrons. The van der Waals surface area contributed by atoms with Crippen molar-refractivity contribution in [3.63, 3.8) is 0 Å². The third-order valence-electron chi connectivity index (χ3n) is 4.40. The van der Waals surface area contributed by atoms with Gasteiger partial charge < -0.3 is 9.64 Å². The number of para-hydroxylation sites is 1. The summed E-state index contributed by atoms with van der Waals surface area (Å²) in [5, 5.41) is 0. The van der Waals surface area contributed by atoms with Crippen molar-refractivity contribution >= 4 is 41.8 Å². The maximum atomic E-state index is 12.9. The number of benzene rings is 1. The molecule has 0 bridgehead atoms. The highest BCUT2D eigenvalue weighted by molar-refractivity contribution is 7.99. The first kappa shape index (κ1) is 18.0. The van der Waals surface area contributed by atoms with E-state index >= 15 is 0 Å². The van der Waals surface area contributed by atoms with Crippen molar-refractivity contribution in [3.8, 4) is 0 Å². The predicted molar refractivity (Wildman–Crippen MR) is 101 cm³/mol. The van der Waals surface area contributed by atoms with Crippen molar-refractivity contribution in [2.24, 2.45) is 0 Å². The Morgan fingerprint density at radius 3 is 2.68 bits per heavy atom. The molecule has 3 heterocycles. The number of ether oxygens (including phenoxy) is 1. The highest BCUT2D eigenvalue weighted by Crippen LogP contribution is 2.47. The smallest absolute Gasteiger partial charge is 0.420 e. The van der Waals surface area contributed by atoms with Crippen LogP contribution < -0.4 is 4.90 Å². The molecule has 1 saturated heterocycles. The lowest BCUT2D eigenvalue weighted by molar-refractivity contribution is 0.0630. The quantitative estimate of drug-likeness (QED) is 0.739. The molecule has 7 heteroatoms. The molecule has 2 aliphatic rings. The van der Waals surface area contributed by atoms with Crippen molar-refractivity contribution in [1.29, 1.82) is 0 Å². The average Bonchev–Trinajstić information content (AvgIpc) is 2.61. The van der Waals surface area contributed by atoms with Crippen molar-refractivity contribution in [3.05, 3.63) is 42.6 Å². The summed E-state index contributed by atoms with van der Waals surface area (Å²) >= 11 is 1.63. The fraction of sp³-hybridized carbons (Fsp3) is 0.333. The predicted octanol–water partition coefficient (Wildman–Crippen LogP) is 4.34. The number of carbonyl (C=O) groups excluding carboxylic acids is 1. The Morgan fingerprint density at radius 1 is 1.16 bits per heavy atom. The third kappa shape index (κ3) is 3.61. The van der Waals surface area contributed by atoms with Crippen LogP contribution in [0.2, 0.25) is 0 Å². The van der Waals surface area contributed by atoms with Gasteiger partial charge in [-0.25, -0.2) is 14.7 Å². The number of halogens is 1. The molecule has 2 aromatic rings. The number of fused-ring (bicyclic) bond motifs is 2. The Bertz CT molecular complexity index is 720. The molecule has 1 aromatic heterocycles. The molecule has 1 amide bonds. The summed E-state index contributed by atoms with van der Waals surface area (Å²) in [4.78, 5) is 23.2. The zero-order valence-corrected chi connectivity index (χ0v) is 15.6. The minimum absolute atomic E-state index is 0. The van der Waals surface area contributed by atoms with Gasteiger partial charge in [0, 0.05) is 24.2 Å². The lowest BCUT2D eigenvalue weighted by Crippen LogP contribution is -2.38. The fourth-order valence-corrected chi connectivity index (χ4v) is 4.10. The third-order valence-corrected chi connectivity index (χ3v) is 5.51. The van der Waals surface area contributed by atoms with E-state index in [-0.39, 0.29) is 24.6 Å². The maximum absolute atomic E-state index is 12.9. The highest BCUT2D eigenvalue weighted by atomic mass is 35.5. The van der Waals surface area contributed by atoms with E-state index < -0.39 is 0 Å². The molecular weight excluding hydrogens is 358 g/mol. The molecule has 0 unspecified atom stereocenters. The van der Waals surface area contributed by atoms with Crippen LogP contribution in [0.1, 0.15) is 12.8 Å². The standard InChI is InChI=1S/C18H19N3O2S.ClH/c1-20-11-8-13(9-12-20)23-18(22)21-14-5-2-3-6-15(14)24-16-7-4-10-19-17(16)21;/h2-7,10,13H,8-9,11-12H2,1H3;1H. The lowest BCUT2D eigenvalue weighted by atomic mass is 10.1. The number of likely N-dealkylation sites (tertiary alicyclic amines) is 1. The van der Waals surface area contributed by atoms with Gasteiger partial charge in [0.05, 0.1) is 10.6 Å². The van der Waals surface area contributed by atoms with Gasteiger partial charge in [0.15, 0.2) is 5.82 Å². The van der Waals surface area contributed by atoms with E-state index in [1.165, 1.54) is 0 Å². The number of aromatic nitrogens is 1. The van der Waals surface area contributed by atoms with E-state index in [9.17, 15) is 4.79 Å². The van der Waals surface area contributed by atoms with Gasteiger partial charge in [-0.2, -0.15) is 0 Å². The Kier molecular flexibility index (Phi) is 5.51. The largest absolute Gasteiger partial charge is 0.445 e. The first-order valence-electron chi connectivity index (χ1n) is 8.13. The van der Waals surface area contributed by atoms with Crippen LogP contribution in [-0.2, 0) is 4.74 Å². The molecule has 1 fully saturated rings. The molecule has 25 heavy (non-hydrogen) atoms. The normalized spacial score (nSPS) is 17.2. The van der Waals surface area contributed by atoms with Gasteiger partial charge in [0.1, 0.15) is 6.10 Å². The van der Waals surface area contributed by atoms with Crippen molar-refractivity contribution in [2.75, 3.05) is 25.0 Å². The van der Waals surface area contributed by atoms with Gasteiger partial charge in [-0.05, 0) is 44.2 Å². The first-order chi connectivity index (χ1) is 11.7. The zero-order valence-electron chi connectivity index (χ0n) is 13.9. The molecule has 0 saturated carbocycles. The molecule has 2 aliphatic heterocycles. The lowest BCUT2D eigenvalue weighted by Gasteiger charge is -2.33. The summed E-state index contributed by atoms with van der Waals surface area (Å²) in [7, 11) is 2.09. The minimum Gasteiger partial charge on any atom is -0.445 e. The van der Waals surface area contributed by atoms with Gasteiger partial charge in [-0.3, -0.25) is 0 Å². The van der Waals surface area contributed by atoms with Crippen molar-refractivity contribution < 1.29 is 9.53 Å². The molecule has 4 rings (SSSR count). The van der Waals surface area contributed by atoms with Gasteiger partial charge in [0.25, 0.3) is 0 Å². The number of hydrogen-bond acceptors (Lipinski definition) is 5. The second-order valence-corrected chi connectivity index (χ2v) is 7.20. The Labute approximate surface area is 157 Å². The highest BCUT2D eigenvalue weighted by Gasteiger charge is 2.32. The van der Waals surface area contributed by atoms with E-state index in [1.54, 1.807) is 22.9 Å². The molecule has 132 valence electrons. The van der Waals surface area contributed by atoms with E-state index in [4.69, 9.17) is 4.74 Å². The number of anilines is 2. The van der Waals surface area contributed by atoms with E-state index in [2.05, 4.69) is 16.9 Å². The van der Waals surface area contributed by atoms with Crippen LogP contribution in [0.25, 0.3) is 0 Å². The number of piperidine rings is 1. The number of rotatable bonds is 1. The molecule has 5 nitrogen and oxygen atoms in total. The summed E-state index contributed by atoms with van der Waals surface area (Å²) in [6.45, 7) is 1.92. The monoisotopic (exact) mass is 377 g/mol.